The van der Waals surface area contributed by atoms with E-state index < -0.39 is 30.7 Å². The Morgan fingerprint density at radius 1 is 1.40 bits per heavy atom. The molecular formula is C7H11F3N2O3. The predicted octanol–water partition coefficient (Wildman–Crippen LogP) is -0.493. The minimum absolute atomic E-state index is 0.620. The normalized spacial score (nSPS) is 13.2. The molecule has 0 aromatic rings. The van der Waals surface area contributed by atoms with Gasteiger partial charge in [-0.05, 0) is 0 Å². The zero-order valence-electron chi connectivity index (χ0n) is 8.17. The molecule has 0 fully saturated rings. The quantitative estimate of drug-likeness (QED) is 0.661. The van der Waals surface area contributed by atoms with Gasteiger partial charge in [0.2, 0.25) is 5.91 Å². The molecule has 0 aromatic carbocycles. The van der Waals surface area contributed by atoms with E-state index in [9.17, 15) is 22.8 Å². The fourth-order valence-electron chi connectivity index (χ4n) is 0.650. The summed E-state index contributed by atoms with van der Waals surface area (Å²) in [4.78, 5) is 22.4. The molecule has 15 heavy (non-hydrogen) atoms. The molecule has 5 nitrogen and oxygen atoms in total. The van der Waals surface area contributed by atoms with Crippen LogP contribution in [0.3, 0.4) is 0 Å². The number of nitrogens with two attached hydrogens (primary N) is 1. The summed E-state index contributed by atoms with van der Waals surface area (Å²) in [6, 6.07) is -1.29. The van der Waals surface area contributed by atoms with Crippen LogP contribution in [0.1, 0.15) is 0 Å². The molecule has 2 N–H and O–H groups in total. The largest absolute Gasteiger partial charge is 0.490 e. The molecule has 0 saturated heterocycles. The maximum atomic E-state index is 11.6. The van der Waals surface area contributed by atoms with Crippen molar-refractivity contribution in [3.8, 4) is 0 Å². The zero-order valence-corrected chi connectivity index (χ0v) is 8.17. The van der Waals surface area contributed by atoms with Crippen LogP contribution in [0.15, 0.2) is 0 Å². The van der Waals surface area contributed by atoms with Crippen LogP contribution in [0.4, 0.5) is 13.2 Å². The number of halogens is 3. The Balaban J connectivity index is 4.07. The first-order valence-corrected chi connectivity index (χ1v) is 3.87. The molecule has 8 heteroatoms. The summed E-state index contributed by atoms with van der Waals surface area (Å²) < 4.78 is 38.7. The van der Waals surface area contributed by atoms with Gasteiger partial charge in [0.1, 0.15) is 12.6 Å². The van der Waals surface area contributed by atoms with Crippen LogP contribution in [-0.2, 0) is 14.3 Å². The number of alkyl halides is 3. The summed E-state index contributed by atoms with van der Waals surface area (Å²) in [5.41, 5.74) is 5.17. The van der Waals surface area contributed by atoms with E-state index in [0.717, 1.165) is 4.90 Å². The molecule has 0 rings (SSSR count). The third kappa shape index (κ3) is 4.63. The third-order valence-corrected chi connectivity index (χ3v) is 1.38. The molecule has 88 valence electrons. The summed E-state index contributed by atoms with van der Waals surface area (Å²) in [5.74, 6) is -2.98. The van der Waals surface area contributed by atoms with Gasteiger partial charge < -0.3 is 15.4 Å². The summed E-state index contributed by atoms with van der Waals surface area (Å²) >= 11 is 0. The van der Waals surface area contributed by atoms with E-state index in [-0.39, 0.29) is 0 Å². The lowest BCUT2D eigenvalue weighted by Gasteiger charge is -2.16. The number of nitrogens with zero attached hydrogens (tertiary/aromatic N) is 1. The van der Waals surface area contributed by atoms with E-state index in [1.807, 2.05) is 0 Å². The van der Waals surface area contributed by atoms with Gasteiger partial charge in [-0.15, -0.1) is 0 Å². The second kappa shape index (κ2) is 4.96. The van der Waals surface area contributed by atoms with Crippen LogP contribution in [0.5, 0.6) is 0 Å². The highest BCUT2D eigenvalue weighted by atomic mass is 19.4. The second-order valence-electron chi connectivity index (χ2n) is 2.94. The number of carbonyl (C=O) groups excluding carboxylic acids is 2. The van der Waals surface area contributed by atoms with Crippen LogP contribution in [0.25, 0.3) is 0 Å². The SMILES string of the molecule is CN(C)C(=O)[C@H](N)COC(=O)C(F)(F)F. The highest BCUT2D eigenvalue weighted by Gasteiger charge is 2.41. The van der Waals surface area contributed by atoms with Gasteiger partial charge in [0, 0.05) is 14.1 Å². The van der Waals surface area contributed by atoms with Crippen molar-refractivity contribution < 1.29 is 27.5 Å². The number of hydrogen-bond donors (Lipinski definition) is 1. The van der Waals surface area contributed by atoms with Crippen LogP contribution < -0.4 is 5.73 Å². The van der Waals surface area contributed by atoms with E-state index in [1.54, 1.807) is 0 Å². The van der Waals surface area contributed by atoms with Crippen LogP contribution in [-0.4, -0.2) is 49.7 Å². The number of esters is 1. The zero-order chi connectivity index (χ0) is 12.2. The average molecular weight is 228 g/mol. The number of rotatable bonds is 3. The molecule has 0 aromatic heterocycles. The van der Waals surface area contributed by atoms with Gasteiger partial charge >= 0.3 is 12.1 Å². The van der Waals surface area contributed by atoms with E-state index >= 15 is 0 Å². The molecule has 0 aliphatic rings. The third-order valence-electron chi connectivity index (χ3n) is 1.38. The van der Waals surface area contributed by atoms with E-state index in [2.05, 4.69) is 4.74 Å². The molecule has 0 unspecified atom stereocenters. The topological polar surface area (TPSA) is 72.6 Å². The molecular weight excluding hydrogens is 217 g/mol. The minimum atomic E-state index is -5.07. The van der Waals surface area contributed by atoms with Gasteiger partial charge in [-0.3, -0.25) is 4.79 Å². The first-order valence-electron chi connectivity index (χ1n) is 3.87. The van der Waals surface area contributed by atoms with Gasteiger partial charge in [-0.25, -0.2) is 4.79 Å². The molecule has 0 bridgehead atoms. The molecule has 0 aliphatic carbocycles. The lowest BCUT2D eigenvalue weighted by atomic mass is 10.3. The van der Waals surface area contributed by atoms with E-state index in [1.165, 1.54) is 14.1 Å². The number of hydrogen-bond acceptors (Lipinski definition) is 4. The standard InChI is InChI=1S/C7H11F3N2O3/c1-12(2)5(13)4(11)3-15-6(14)7(8,9)10/h4H,3,11H2,1-2H3/t4-/m1/s1. The Hall–Kier alpha value is -1.31. The number of amides is 1. The van der Waals surface area contributed by atoms with Crippen molar-refractivity contribution in [1.82, 2.24) is 4.90 Å². The van der Waals surface area contributed by atoms with Crippen LogP contribution in [0, 0.1) is 0 Å². The van der Waals surface area contributed by atoms with Crippen molar-refractivity contribution in [2.45, 2.75) is 12.2 Å². The number of ether oxygens (including phenoxy) is 1. The molecule has 0 heterocycles. The molecule has 0 saturated carbocycles. The highest BCUT2D eigenvalue weighted by Crippen LogP contribution is 2.16. The Bertz CT molecular complexity index is 252. The van der Waals surface area contributed by atoms with E-state index in [4.69, 9.17) is 5.73 Å². The maximum absolute atomic E-state index is 11.6. The van der Waals surface area contributed by atoms with Crippen molar-refractivity contribution >= 4 is 11.9 Å². The van der Waals surface area contributed by atoms with Gasteiger partial charge in [0.05, 0.1) is 0 Å². The molecule has 1 atom stereocenters. The van der Waals surface area contributed by atoms with Crippen molar-refractivity contribution in [2.24, 2.45) is 5.73 Å². The molecule has 1 amide bonds. The molecule has 0 radical (unpaired) electrons. The van der Waals surface area contributed by atoms with Gasteiger partial charge in [-0.2, -0.15) is 13.2 Å². The first-order chi connectivity index (χ1) is 6.66. The Labute approximate surface area is 84.0 Å². The first kappa shape index (κ1) is 13.7. The smallest absolute Gasteiger partial charge is 0.457 e. The minimum Gasteiger partial charge on any atom is -0.457 e. The molecule has 0 aliphatic heterocycles. The maximum Gasteiger partial charge on any atom is 0.490 e. The van der Waals surface area contributed by atoms with Crippen molar-refractivity contribution in [3.63, 3.8) is 0 Å². The van der Waals surface area contributed by atoms with Crippen molar-refractivity contribution in [1.29, 1.82) is 0 Å². The van der Waals surface area contributed by atoms with Crippen molar-refractivity contribution in [2.75, 3.05) is 20.7 Å². The monoisotopic (exact) mass is 228 g/mol. The van der Waals surface area contributed by atoms with Crippen LogP contribution in [0.2, 0.25) is 0 Å². The average Bonchev–Trinajstić information content (AvgIpc) is 2.10. The lowest BCUT2D eigenvalue weighted by Crippen LogP contribution is -2.44. The Morgan fingerprint density at radius 3 is 2.20 bits per heavy atom. The highest BCUT2D eigenvalue weighted by molar-refractivity contribution is 5.82. The molecule has 0 spiro atoms. The van der Waals surface area contributed by atoms with Gasteiger partial charge in [-0.1, -0.05) is 0 Å². The lowest BCUT2D eigenvalue weighted by molar-refractivity contribution is -0.200. The van der Waals surface area contributed by atoms with Gasteiger partial charge in [0.15, 0.2) is 0 Å². The number of likely N-dealkylation sites (N-methyl/N-ethyl adjacent to an activating group) is 1. The van der Waals surface area contributed by atoms with Crippen LogP contribution >= 0.6 is 0 Å². The summed E-state index contributed by atoms with van der Waals surface area (Å²) in [5, 5.41) is 0. The Morgan fingerprint density at radius 2 is 1.87 bits per heavy atom. The van der Waals surface area contributed by atoms with Crippen molar-refractivity contribution in [3.05, 3.63) is 0 Å². The summed E-state index contributed by atoms with van der Waals surface area (Å²) in [6.45, 7) is -0.796. The summed E-state index contributed by atoms with van der Waals surface area (Å²) in [6.07, 6.45) is -5.07. The summed E-state index contributed by atoms with van der Waals surface area (Å²) in [7, 11) is 2.77. The fourth-order valence-corrected chi connectivity index (χ4v) is 0.650. The fraction of sp³-hybridized carbons (Fsp3) is 0.714. The second-order valence-corrected chi connectivity index (χ2v) is 2.94. The van der Waals surface area contributed by atoms with Gasteiger partial charge in [0.25, 0.3) is 0 Å². The Kier molecular flexibility index (Phi) is 4.53. The predicted molar refractivity (Wildman–Crippen MR) is 43.7 cm³/mol. The van der Waals surface area contributed by atoms with E-state index in [0.29, 0.717) is 0 Å². The number of carbonyl (C=O) groups is 2.